The van der Waals surface area contributed by atoms with Crippen molar-refractivity contribution in [2.24, 2.45) is 5.73 Å². The number of hydrogen-bond donors (Lipinski definition) is 1. The van der Waals surface area contributed by atoms with Crippen LogP contribution in [-0.2, 0) is 23.9 Å². The molecule has 1 atom stereocenters. The highest BCUT2D eigenvalue weighted by Crippen LogP contribution is 2.31. The lowest BCUT2D eigenvalue weighted by molar-refractivity contribution is -0.137. The van der Waals surface area contributed by atoms with E-state index in [1.54, 1.807) is 12.1 Å². The summed E-state index contributed by atoms with van der Waals surface area (Å²) in [5.74, 6) is -0.502. The Morgan fingerprint density at radius 3 is 2.79 bits per heavy atom. The van der Waals surface area contributed by atoms with Gasteiger partial charge in [0, 0.05) is 12.8 Å². The maximum atomic E-state index is 13.7. The van der Waals surface area contributed by atoms with Crippen LogP contribution in [-0.4, -0.2) is 26.6 Å². The second-order valence-electron chi connectivity index (χ2n) is 6.83. The molecule has 3 aromatic rings. The summed E-state index contributed by atoms with van der Waals surface area (Å²) in [5, 5.41) is 8.24. The first-order valence-electron chi connectivity index (χ1n) is 8.91. The van der Waals surface area contributed by atoms with Gasteiger partial charge in [0.05, 0.1) is 23.9 Å². The van der Waals surface area contributed by atoms with Gasteiger partial charge in [-0.3, -0.25) is 0 Å². The van der Waals surface area contributed by atoms with Crippen LogP contribution in [0.5, 0.6) is 0 Å². The number of hydrogen-bond acceptors (Lipinski definition) is 5. The molecule has 0 aliphatic carbocycles. The predicted molar refractivity (Wildman–Crippen MR) is 94.6 cm³/mol. The van der Waals surface area contributed by atoms with Crippen LogP contribution in [0.25, 0.3) is 5.82 Å². The van der Waals surface area contributed by atoms with Gasteiger partial charge in [0.1, 0.15) is 11.5 Å². The summed E-state index contributed by atoms with van der Waals surface area (Å²) in [6, 6.07) is 5.54. The minimum Gasteiger partial charge on any atom is -0.375 e. The average molecular weight is 407 g/mol. The van der Waals surface area contributed by atoms with Crippen LogP contribution in [0.1, 0.15) is 40.5 Å². The average Bonchev–Trinajstić information content (AvgIpc) is 2.99. The zero-order valence-corrected chi connectivity index (χ0v) is 15.2. The zero-order chi connectivity index (χ0) is 20.6. The minimum absolute atomic E-state index is 0.100. The van der Waals surface area contributed by atoms with Gasteiger partial charge in [0.2, 0.25) is 0 Å². The molecule has 1 aliphatic heterocycles. The van der Waals surface area contributed by atoms with Crippen LogP contribution >= 0.6 is 0 Å². The maximum absolute atomic E-state index is 13.7. The number of halogens is 4. The first kappa shape index (κ1) is 19.5. The largest absolute Gasteiger partial charge is 0.416 e. The number of fused-ring (bicyclic) bond motifs is 1. The van der Waals surface area contributed by atoms with E-state index in [1.165, 1.54) is 10.9 Å². The van der Waals surface area contributed by atoms with Crippen molar-refractivity contribution in [3.8, 4) is 5.82 Å². The smallest absolute Gasteiger partial charge is 0.375 e. The lowest BCUT2D eigenvalue weighted by atomic mass is 10.0. The fraction of sp³-hybridized carbons (Fsp3) is 0.316. The first-order chi connectivity index (χ1) is 13.8. The van der Waals surface area contributed by atoms with Crippen LogP contribution in [0.4, 0.5) is 17.6 Å². The molecule has 0 radical (unpaired) electrons. The van der Waals surface area contributed by atoms with Gasteiger partial charge in [-0.05, 0) is 54.3 Å². The number of nitrogens with two attached hydrogens (primary N) is 1. The number of benzene rings is 1. The molecule has 0 saturated carbocycles. The first-order valence-corrected chi connectivity index (χ1v) is 8.91. The number of nitrogens with zero attached hydrogens (tertiary/aromatic N) is 4. The Morgan fingerprint density at radius 1 is 1.17 bits per heavy atom. The van der Waals surface area contributed by atoms with E-state index >= 15 is 0 Å². The SMILES string of the molecule is NC1CCOCc2c1nnn2-c1cc(Cc2cc(F)cc(C(F)(F)F)c2)ccn1. The summed E-state index contributed by atoms with van der Waals surface area (Å²) in [6.45, 7) is 0.785. The molecule has 0 bridgehead atoms. The van der Waals surface area contributed by atoms with Gasteiger partial charge in [-0.15, -0.1) is 5.10 Å². The monoisotopic (exact) mass is 407 g/mol. The van der Waals surface area contributed by atoms with Crippen LogP contribution in [0.2, 0.25) is 0 Å². The molecule has 1 aliphatic rings. The van der Waals surface area contributed by atoms with E-state index in [2.05, 4.69) is 15.3 Å². The Balaban J connectivity index is 1.65. The Labute approximate surface area is 163 Å². The number of alkyl halides is 3. The van der Waals surface area contributed by atoms with Crippen LogP contribution in [0.3, 0.4) is 0 Å². The molecule has 3 heterocycles. The highest BCUT2D eigenvalue weighted by Gasteiger charge is 2.31. The van der Waals surface area contributed by atoms with E-state index in [1.807, 2.05) is 0 Å². The summed E-state index contributed by atoms with van der Waals surface area (Å²) in [7, 11) is 0. The van der Waals surface area contributed by atoms with Gasteiger partial charge in [-0.2, -0.15) is 17.9 Å². The number of rotatable bonds is 3. The van der Waals surface area contributed by atoms with Crippen LogP contribution in [0, 0.1) is 5.82 Å². The van der Waals surface area contributed by atoms with Gasteiger partial charge in [-0.25, -0.2) is 9.37 Å². The molecule has 0 saturated heterocycles. The van der Waals surface area contributed by atoms with Crippen LogP contribution in [0.15, 0.2) is 36.5 Å². The topological polar surface area (TPSA) is 78.9 Å². The van der Waals surface area contributed by atoms with Crippen molar-refractivity contribution in [1.82, 2.24) is 20.0 Å². The van der Waals surface area contributed by atoms with E-state index < -0.39 is 17.6 Å². The fourth-order valence-corrected chi connectivity index (χ4v) is 3.27. The Bertz CT molecular complexity index is 1030. The molecule has 10 heteroatoms. The van der Waals surface area contributed by atoms with Crippen molar-refractivity contribution in [1.29, 1.82) is 0 Å². The lowest BCUT2D eigenvalue weighted by Crippen LogP contribution is -2.12. The summed E-state index contributed by atoms with van der Waals surface area (Å²) in [5.41, 5.74) is 7.25. The fourth-order valence-electron chi connectivity index (χ4n) is 3.27. The minimum atomic E-state index is -4.61. The van der Waals surface area contributed by atoms with Crippen molar-refractivity contribution in [2.75, 3.05) is 6.61 Å². The molecule has 0 spiro atoms. The van der Waals surface area contributed by atoms with Crippen molar-refractivity contribution >= 4 is 0 Å². The van der Waals surface area contributed by atoms with Gasteiger partial charge in [0.25, 0.3) is 0 Å². The Kier molecular flexibility index (Phi) is 5.05. The van der Waals surface area contributed by atoms with Gasteiger partial charge < -0.3 is 10.5 Å². The standard InChI is InChI=1S/C19H17F4N5O/c20-14-7-12(6-13(9-14)19(21,22)23)5-11-1-3-25-17(8-11)28-16-10-29-4-2-15(24)18(16)26-27-28/h1,3,6-9,15H,2,4-5,10,24H2. The van der Waals surface area contributed by atoms with Crippen molar-refractivity contribution < 1.29 is 22.3 Å². The second kappa shape index (κ2) is 7.53. The van der Waals surface area contributed by atoms with Gasteiger partial charge in [-0.1, -0.05) is 5.21 Å². The van der Waals surface area contributed by atoms with Crippen LogP contribution < -0.4 is 5.73 Å². The molecule has 4 rings (SSSR count). The normalized spacial score (nSPS) is 17.1. The van der Waals surface area contributed by atoms with Crippen molar-refractivity contribution in [3.05, 3.63) is 70.4 Å². The third-order valence-corrected chi connectivity index (χ3v) is 4.68. The van der Waals surface area contributed by atoms with E-state index in [4.69, 9.17) is 10.5 Å². The zero-order valence-electron chi connectivity index (χ0n) is 15.2. The van der Waals surface area contributed by atoms with Gasteiger partial charge in [0.15, 0.2) is 5.82 Å². The molecule has 29 heavy (non-hydrogen) atoms. The van der Waals surface area contributed by atoms with E-state index in [0.717, 1.165) is 12.1 Å². The third kappa shape index (κ3) is 4.13. The van der Waals surface area contributed by atoms with E-state index in [0.29, 0.717) is 41.9 Å². The molecule has 6 nitrogen and oxygen atoms in total. The summed E-state index contributed by atoms with van der Waals surface area (Å²) in [4.78, 5) is 4.27. The second-order valence-corrected chi connectivity index (χ2v) is 6.83. The molecular weight excluding hydrogens is 390 g/mol. The van der Waals surface area contributed by atoms with Crippen molar-refractivity contribution in [3.63, 3.8) is 0 Å². The molecule has 152 valence electrons. The molecule has 1 aromatic carbocycles. The lowest BCUT2D eigenvalue weighted by Gasteiger charge is -2.11. The maximum Gasteiger partial charge on any atom is 0.416 e. The Hall–Kier alpha value is -2.85. The quantitative estimate of drug-likeness (QED) is 0.674. The molecule has 0 fully saturated rings. The molecule has 1 unspecified atom stereocenters. The number of pyridine rings is 1. The molecule has 0 amide bonds. The highest BCUT2D eigenvalue weighted by atomic mass is 19.4. The van der Waals surface area contributed by atoms with Crippen molar-refractivity contribution in [2.45, 2.75) is 31.7 Å². The Morgan fingerprint density at radius 2 is 2.00 bits per heavy atom. The highest BCUT2D eigenvalue weighted by molar-refractivity contribution is 5.35. The van der Waals surface area contributed by atoms with E-state index in [-0.39, 0.29) is 24.6 Å². The number of ether oxygens (including phenoxy) is 1. The summed E-state index contributed by atoms with van der Waals surface area (Å²) in [6.07, 6.45) is -2.37. The van der Waals surface area contributed by atoms with Gasteiger partial charge >= 0.3 is 6.18 Å². The summed E-state index contributed by atoms with van der Waals surface area (Å²) < 4.78 is 59.5. The molecule has 2 N–H and O–H groups in total. The van der Waals surface area contributed by atoms with E-state index in [9.17, 15) is 17.6 Å². The number of aromatic nitrogens is 4. The molecule has 2 aromatic heterocycles. The predicted octanol–water partition coefficient (Wildman–Crippen LogP) is 3.33. The summed E-state index contributed by atoms with van der Waals surface area (Å²) >= 11 is 0. The third-order valence-electron chi connectivity index (χ3n) is 4.68. The molecular formula is C19H17F4N5O.